The number of nitrogens with one attached hydrogen (secondary N) is 1. The number of carboxylic acids is 1. The van der Waals surface area contributed by atoms with Crippen LogP contribution in [0.25, 0.3) is 0 Å². The van der Waals surface area contributed by atoms with Gasteiger partial charge in [-0.2, -0.15) is 0 Å². The van der Waals surface area contributed by atoms with Crippen LogP contribution in [0.4, 0.5) is 0 Å². The fourth-order valence-electron chi connectivity index (χ4n) is 2.00. The van der Waals surface area contributed by atoms with Crippen molar-refractivity contribution in [2.75, 3.05) is 0 Å². The molecule has 18 heavy (non-hydrogen) atoms. The fourth-order valence-corrected chi connectivity index (χ4v) is 3.39. The van der Waals surface area contributed by atoms with Gasteiger partial charge in [-0.1, -0.05) is 13.3 Å². The van der Waals surface area contributed by atoms with Crippen molar-refractivity contribution in [2.24, 2.45) is 13.0 Å². The van der Waals surface area contributed by atoms with E-state index in [1.807, 2.05) is 6.92 Å². The number of hydrogen-bond acceptors (Lipinski definition) is 3. The first kappa shape index (κ1) is 13.1. The lowest BCUT2D eigenvalue weighted by Gasteiger charge is -2.03. The molecule has 1 fully saturated rings. The molecule has 2 N–H and O–H groups in total. The number of carboxylic acid groups (broad SMARTS) is 1. The maximum absolute atomic E-state index is 12.0. The van der Waals surface area contributed by atoms with E-state index < -0.39 is 16.0 Å². The van der Waals surface area contributed by atoms with Gasteiger partial charge in [-0.25, -0.2) is 17.9 Å². The largest absolute Gasteiger partial charge is 0.477 e. The molecule has 0 aliphatic heterocycles. The molecule has 1 saturated carbocycles. The van der Waals surface area contributed by atoms with E-state index in [2.05, 4.69) is 4.72 Å². The Morgan fingerprint density at radius 2 is 2.28 bits per heavy atom. The highest BCUT2D eigenvalue weighted by molar-refractivity contribution is 7.89. The van der Waals surface area contributed by atoms with E-state index in [1.54, 1.807) is 0 Å². The van der Waals surface area contributed by atoms with Crippen molar-refractivity contribution >= 4 is 16.0 Å². The monoisotopic (exact) mass is 272 g/mol. The Morgan fingerprint density at radius 3 is 2.72 bits per heavy atom. The van der Waals surface area contributed by atoms with Gasteiger partial charge >= 0.3 is 5.97 Å². The minimum absolute atomic E-state index is 0.00385. The zero-order chi connectivity index (χ0) is 13.5. The van der Waals surface area contributed by atoms with Crippen molar-refractivity contribution in [1.82, 2.24) is 9.29 Å². The summed E-state index contributed by atoms with van der Waals surface area (Å²) >= 11 is 0. The minimum atomic E-state index is -3.61. The molecular formula is C11H16N2O4S. The topological polar surface area (TPSA) is 88.4 Å². The van der Waals surface area contributed by atoms with Gasteiger partial charge in [-0.15, -0.1) is 0 Å². The van der Waals surface area contributed by atoms with Crippen LogP contribution in [0.2, 0.25) is 0 Å². The molecular weight excluding hydrogens is 256 g/mol. The van der Waals surface area contributed by atoms with E-state index in [1.165, 1.54) is 23.9 Å². The summed E-state index contributed by atoms with van der Waals surface area (Å²) in [6, 6.07) is 1.17. The Bertz CT molecular complexity index is 576. The summed E-state index contributed by atoms with van der Waals surface area (Å²) in [4.78, 5) is 10.9. The average Bonchev–Trinajstić information content (AvgIpc) is 2.87. The average molecular weight is 272 g/mol. The second-order valence-corrected chi connectivity index (χ2v) is 6.32. The van der Waals surface area contributed by atoms with Crippen LogP contribution in [0.15, 0.2) is 17.2 Å². The molecule has 0 radical (unpaired) electrons. The number of hydrogen-bond donors (Lipinski definition) is 2. The standard InChI is InChI=1S/C11H16N2O4S/c1-3-7-4-9(7)12-18(16,17)8-5-10(11(14)15)13(2)6-8/h5-7,9,12H,3-4H2,1-2H3,(H,14,15). The lowest BCUT2D eigenvalue weighted by Crippen LogP contribution is -2.26. The molecule has 2 atom stereocenters. The van der Waals surface area contributed by atoms with Crippen molar-refractivity contribution in [3.63, 3.8) is 0 Å². The molecule has 1 aliphatic rings. The molecule has 0 spiro atoms. The quantitative estimate of drug-likeness (QED) is 0.829. The molecule has 6 nitrogen and oxygen atoms in total. The first-order valence-electron chi connectivity index (χ1n) is 5.77. The van der Waals surface area contributed by atoms with Gasteiger partial charge in [-0.3, -0.25) is 0 Å². The predicted molar refractivity (Wildman–Crippen MR) is 64.9 cm³/mol. The first-order chi connectivity index (χ1) is 8.35. The third-order valence-corrected chi connectivity index (χ3v) is 4.72. The van der Waals surface area contributed by atoms with Crippen molar-refractivity contribution in [3.8, 4) is 0 Å². The van der Waals surface area contributed by atoms with Crippen LogP contribution in [0.5, 0.6) is 0 Å². The highest BCUT2D eigenvalue weighted by Crippen LogP contribution is 2.34. The summed E-state index contributed by atoms with van der Waals surface area (Å²) < 4.78 is 27.9. The fraction of sp³-hybridized carbons (Fsp3) is 0.545. The van der Waals surface area contributed by atoms with E-state index in [4.69, 9.17) is 5.11 Å². The molecule has 1 heterocycles. The molecule has 1 aromatic heterocycles. The Kier molecular flexibility index (Phi) is 3.20. The molecule has 0 saturated heterocycles. The Morgan fingerprint density at radius 1 is 1.61 bits per heavy atom. The van der Waals surface area contributed by atoms with Gasteiger partial charge in [0.25, 0.3) is 0 Å². The van der Waals surface area contributed by atoms with Crippen LogP contribution < -0.4 is 4.72 Å². The molecule has 7 heteroatoms. The lowest BCUT2D eigenvalue weighted by molar-refractivity contribution is 0.0686. The Hall–Kier alpha value is -1.34. The van der Waals surface area contributed by atoms with Gasteiger partial charge in [0.2, 0.25) is 10.0 Å². The second-order valence-electron chi connectivity index (χ2n) is 4.61. The van der Waals surface area contributed by atoms with Crippen LogP contribution in [-0.4, -0.2) is 30.1 Å². The number of sulfonamides is 1. The van der Waals surface area contributed by atoms with Gasteiger partial charge in [0.1, 0.15) is 10.6 Å². The summed E-state index contributed by atoms with van der Waals surface area (Å²) in [5, 5.41) is 8.88. The molecule has 0 bridgehead atoms. The second kappa shape index (κ2) is 4.40. The molecule has 1 aromatic rings. The summed E-state index contributed by atoms with van der Waals surface area (Å²) in [6.07, 6.45) is 3.12. The van der Waals surface area contributed by atoms with Crippen molar-refractivity contribution in [1.29, 1.82) is 0 Å². The summed E-state index contributed by atoms with van der Waals surface area (Å²) in [6.45, 7) is 2.02. The minimum Gasteiger partial charge on any atom is -0.477 e. The van der Waals surface area contributed by atoms with Gasteiger partial charge in [0.05, 0.1) is 0 Å². The highest BCUT2D eigenvalue weighted by atomic mass is 32.2. The number of carbonyl (C=O) groups is 1. The Labute approximate surface area is 106 Å². The molecule has 1 aliphatic carbocycles. The zero-order valence-electron chi connectivity index (χ0n) is 10.3. The van der Waals surface area contributed by atoms with Gasteiger partial charge < -0.3 is 9.67 Å². The normalized spacial score (nSPS) is 23.0. The number of rotatable bonds is 5. The van der Waals surface area contributed by atoms with E-state index in [0.717, 1.165) is 12.8 Å². The highest BCUT2D eigenvalue weighted by Gasteiger charge is 2.39. The number of aromatic nitrogens is 1. The zero-order valence-corrected chi connectivity index (χ0v) is 11.1. The molecule has 100 valence electrons. The van der Waals surface area contributed by atoms with Gasteiger partial charge in [0.15, 0.2) is 0 Å². The summed E-state index contributed by atoms with van der Waals surface area (Å²) in [7, 11) is -2.10. The summed E-state index contributed by atoms with van der Waals surface area (Å²) in [5.41, 5.74) is -0.0433. The number of nitrogens with zero attached hydrogens (tertiary/aromatic N) is 1. The maximum atomic E-state index is 12.0. The molecule has 0 aromatic carbocycles. The number of aromatic carboxylic acids is 1. The molecule has 2 rings (SSSR count). The SMILES string of the molecule is CCC1CC1NS(=O)(=O)c1cc(C(=O)O)n(C)c1. The van der Waals surface area contributed by atoms with Crippen LogP contribution in [0, 0.1) is 5.92 Å². The molecule has 2 unspecified atom stereocenters. The first-order valence-corrected chi connectivity index (χ1v) is 7.25. The van der Waals surface area contributed by atoms with Crippen molar-refractivity contribution in [3.05, 3.63) is 18.0 Å². The third-order valence-electron chi connectivity index (χ3n) is 3.26. The van der Waals surface area contributed by atoms with Crippen molar-refractivity contribution < 1.29 is 18.3 Å². The van der Waals surface area contributed by atoms with E-state index in [-0.39, 0.29) is 16.6 Å². The van der Waals surface area contributed by atoms with Gasteiger partial charge in [-0.05, 0) is 18.4 Å². The Balaban J connectivity index is 2.20. The van der Waals surface area contributed by atoms with E-state index >= 15 is 0 Å². The smallest absolute Gasteiger partial charge is 0.352 e. The summed E-state index contributed by atoms with van der Waals surface area (Å²) in [5.74, 6) is -0.737. The van der Waals surface area contributed by atoms with E-state index in [0.29, 0.717) is 5.92 Å². The van der Waals surface area contributed by atoms with Crippen LogP contribution in [0.3, 0.4) is 0 Å². The predicted octanol–water partition coefficient (Wildman–Crippen LogP) is 0.800. The number of aryl methyl sites for hydroxylation is 1. The van der Waals surface area contributed by atoms with E-state index in [9.17, 15) is 13.2 Å². The third kappa shape index (κ3) is 2.41. The van der Waals surface area contributed by atoms with Crippen LogP contribution in [-0.2, 0) is 17.1 Å². The van der Waals surface area contributed by atoms with Crippen LogP contribution in [0.1, 0.15) is 30.3 Å². The van der Waals surface area contributed by atoms with Crippen molar-refractivity contribution in [2.45, 2.75) is 30.7 Å². The van der Waals surface area contributed by atoms with Gasteiger partial charge in [0, 0.05) is 19.3 Å². The maximum Gasteiger partial charge on any atom is 0.352 e. The van der Waals surface area contributed by atoms with Crippen LogP contribution >= 0.6 is 0 Å². The lowest BCUT2D eigenvalue weighted by atomic mass is 10.3. The molecule has 0 amide bonds.